The Morgan fingerprint density at radius 2 is 2.14 bits per heavy atom. The average Bonchev–Trinajstić information content (AvgIpc) is 3.29. The van der Waals surface area contributed by atoms with Gasteiger partial charge in [0.2, 0.25) is 0 Å². The van der Waals surface area contributed by atoms with E-state index in [0.717, 1.165) is 44.2 Å². The van der Waals surface area contributed by atoms with Gasteiger partial charge in [-0.15, -0.1) is 6.42 Å². The molecule has 3 heteroatoms. The predicted octanol–water partition coefficient (Wildman–Crippen LogP) is 3.14. The summed E-state index contributed by atoms with van der Waals surface area (Å²) < 4.78 is 0. The maximum absolute atomic E-state index is 5.51. The lowest BCUT2D eigenvalue weighted by atomic mass is 10.1. The first-order valence-corrected chi connectivity index (χ1v) is 8.18. The van der Waals surface area contributed by atoms with Gasteiger partial charge in [-0.25, -0.2) is 4.98 Å². The van der Waals surface area contributed by atoms with Crippen molar-refractivity contribution < 1.29 is 0 Å². The van der Waals surface area contributed by atoms with E-state index in [2.05, 4.69) is 42.1 Å². The number of pyridine rings is 1. The molecule has 0 radical (unpaired) electrons. The molecule has 0 saturated heterocycles. The third-order valence-electron chi connectivity index (χ3n) is 3.70. The minimum Gasteiger partial charge on any atom is -0.345 e. The Morgan fingerprint density at radius 1 is 1.33 bits per heavy atom. The van der Waals surface area contributed by atoms with Crippen molar-refractivity contribution in [1.82, 2.24) is 10.3 Å². The van der Waals surface area contributed by atoms with Crippen LogP contribution in [-0.2, 0) is 13.0 Å². The van der Waals surface area contributed by atoms with Gasteiger partial charge in [-0.1, -0.05) is 26.2 Å². The molecular weight excluding hydrogens is 258 g/mol. The Bertz CT molecular complexity index is 486. The Morgan fingerprint density at radius 3 is 2.76 bits per heavy atom. The zero-order valence-corrected chi connectivity index (χ0v) is 13.4. The lowest BCUT2D eigenvalue weighted by Crippen LogP contribution is -2.26. The lowest BCUT2D eigenvalue weighted by molar-refractivity contribution is 0.684. The van der Waals surface area contributed by atoms with Crippen LogP contribution in [0.1, 0.15) is 50.8 Å². The van der Waals surface area contributed by atoms with Crippen molar-refractivity contribution in [3.05, 3.63) is 23.4 Å². The topological polar surface area (TPSA) is 28.2 Å². The van der Waals surface area contributed by atoms with E-state index in [9.17, 15) is 0 Å². The first-order valence-electron chi connectivity index (χ1n) is 8.18. The molecule has 3 nitrogen and oxygen atoms in total. The Labute approximate surface area is 129 Å². The maximum atomic E-state index is 5.51. The third-order valence-corrected chi connectivity index (χ3v) is 3.70. The monoisotopic (exact) mass is 285 g/mol. The summed E-state index contributed by atoms with van der Waals surface area (Å²) in [6.07, 6.45) is 11.4. The molecule has 0 aliphatic heterocycles. The fourth-order valence-electron chi connectivity index (χ4n) is 2.49. The molecule has 1 aliphatic rings. The molecule has 0 spiro atoms. The number of anilines is 1. The number of hydrogen-bond donors (Lipinski definition) is 1. The molecule has 0 bridgehead atoms. The first kappa shape index (κ1) is 15.9. The van der Waals surface area contributed by atoms with E-state index < -0.39 is 0 Å². The molecule has 1 fully saturated rings. The second kappa shape index (κ2) is 8.05. The summed E-state index contributed by atoms with van der Waals surface area (Å²) in [4.78, 5) is 7.01. The molecule has 1 heterocycles. The number of rotatable bonds is 9. The zero-order valence-electron chi connectivity index (χ0n) is 13.4. The van der Waals surface area contributed by atoms with Gasteiger partial charge < -0.3 is 10.2 Å². The number of aryl methyl sites for hydroxylation is 1. The Hall–Kier alpha value is -1.53. The van der Waals surface area contributed by atoms with Gasteiger partial charge >= 0.3 is 0 Å². The highest BCUT2D eigenvalue weighted by Crippen LogP contribution is 2.21. The van der Waals surface area contributed by atoms with E-state index in [1.54, 1.807) is 0 Å². The average molecular weight is 285 g/mol. The van der Waals surface area contributed by atoms with E-state index in [-0.39, 0.29) is 0 Å². The van der Waals surface area contributed by atoms with Crippen LogP contribution in [0.25, 0.3) is 0 Å². The van der Waals surface area contributed by atoms with Gasteiger partial charge in [-0.05, 0) is 43.4 Å². The molecule has 21 heavy (non-hydrogen) atoms. The molecular formula is C18H27N3. The fraction of sp³-hybridized carbons (Fsp3) is 0.611. The van der Waals surface area contributed by atoms with Crippen molar-refractivity contribution in [2.75, 3.05) is 18.0 Å². The quantitative estimate of drug-likeness (QED) is 0.707. The van der Waals surface area contributed by atoms with Crippen LogP contribution in [0, 0.1) is 12.3 Å². The van der Waals surface area contributed by atoms with E-state index >= 15 is 0 Å². The van der Waals surface area contributed by atoms with Gasteiger partial charge in [-0.2, -0.15) is 0 Å². The molecule has 114 valence electrons. The largest absolute Gasteiger partial charge is 0.345 e. The summed E-state index contributed by atoms with van der Waals surface area (Å²) in [6.45, 7) is 6.90. The molecule has 1 aromatic heterocycles. The Kier molecular flexibility index (Phi) is 6.07. The number of nitrogens with one attached hydrogen (secondary N) is 1. The molecule has 0 amide bonds. The highest BCUT2D eigenvalue weighted by atomic mass is 15.2. The summed E-state index contributed by atoms with van der Waals surface area (Å²) in [5, 5.41) is 3.59. The molecule has 2 rings (SSSR count). The number of terminal acetylenes is 1. The van der Waals surface area contributed by atoms with Crippen molar-refractivity contribution >= 4 is 5.82 Å². The molecule has 1 N–H and O–H groups in total. The zero-order chi connectivity index (χ0) is 15.1. The van der Waals surface area contributed by atoms with E-state index in [1.165, 1.54) is 24.1 Å². The SMILES string of the molecule is C#CCN(CCC)c1cc(CNC2CC2)cc(CCC)n1. The smallest absolute Gasteiger partial charge is 0.129 e. The predicted molar refractivity (Wildman–Crippen MR) is 89.4 cm³/mol. The van der Waals surface area contributed by atoms with Crippen molar-refractivity contribution in [3.63, 3.8) is 0 Å². The van der Waals surface area contributed by atoms with Gasteiger partial charge in [0.25, 0.3) is 0 Å². The van der Waals surface area contributed by atoms with Crippen LogP contribution in [0.2, 0.25) is 0 Å². The van der Waals surface area contributed by atoms with E-state index in [0.29, 0.717) is 6.54 Å². The van der Waals surface area contributed by atoms with Gasteiger partial charge in [0.15, 0.2) is 0 Å². The molecule has 0 atom stereocenters. The summed E-state index contributed by atoms with van der Waals surface area (Å²) in [5.74, 6) is 3.79. The van der Waals surface area contributed by atoms with E-state index in [1.807, 2.05) is 0 Å². The fourth-order valence-corrected chi connectivity index (χ4v) is 2.49. The van der Waals surface area contributed by atoms with Crippen molar-refractivity contribution in [2.24, 2.45) is 0 Å². The molecule has 0 aromatic carbocycles. The highest BCUT2D eigenvalue weighted by molar-refractivity contribution is 5.44. The van der Waals surface area contributed by atoms with Crippen molar-refractivity contribution in [2.45, 2.75) is 58.5 Å². The molecule has 1 aliphatic carbocycles. The van der Waals surface area contributed by atoms with Gasteiger partial charge in [0, 0.05) is 24.8 Å². The minimum atomic E-state index is 0.631. The van der Waals surface area contributed by atoms with Crippen LogP contribution in [0.15, 0.2) is 12.1 Å². The second-order valence-electron chi connectivity index (χ2n) is 5.86. The summed E-state index contributed by atoms with van der Waals surface area (Å²) in [7, 11) is 0. The van der Waals surface area contributed by atoms with Crippen LogP contribution in [-0.4, -0.2) is 24.1 Å². The number of nitrogens with zero attached hydrogens (tertiary/aromatic N) is 2. The van der Waals surface area contributed by atoms with Crippen LogP contribution in [0.4, 0.5) is 5.82 Å². The standard InChI is InChI=1S/C18H27N3/c1-4-7-17-12-15(14-19-16-8-9-16)13-18(20-17)21(10-5-2)11-6-3/h2,12-13,16,19H,4,6-11,14H2,1,3H3. The van der Waals surface area contributed by atoms with Crippen LogP contribution in [0.5, 0.6) is 0 Å². The van der Waals surface area contributed by atoms with Crippen LogP contribution < -0.4 is 10.2 Å². The normalized spacial score (nSPS) is 14.0. The number of aromatic nitrogens is 1. The maximum Gasteiger partial charge on any atom is 0.129 e. The highest BCUT2D eigenvalue weighted by Gasteiger charge is 2.20. The molecule has 1 saturated carbocycles. The van der Waals surface area contributed by atoms with Crippen molar-refractivity contribution in [3.8, 4) is 12.3 Å². The Balaban J connectivity index is 2.17. The van der Waals surface area contributed by atoms with Crippen LogP contribution in [0.3, 0.4) is 0 Å². The second-order valence-corrected chi connectivity index (χ2v) is 5.86. The van der Waals surface area contributed by atoms with Gasteiger partial charge in [0.05, 0.1) is 6.54 Å². The first-order chi connectivity index (χ1) is 10.3. The minimum absolute atomic E-state index is 0.631. The summed E-state index contributed by atoms with van der Waals surface area (Å²) >= 11 is 0. The van der Waals surface area contributed by atoms with Crippen molar-refractivity contribution in [1.29, 1.82) is 0 Å². The van der Waals surface area contributed by atoms with Gasteiger partial charge in [-0.3, -0.25) is 0 Å². The molecule has 1 aromatic rings. The lowest BCUT2D eigenvalue weighted by Gasteiger charge is -2.22. The third kappa shape index (κ3) is 5.06. The summed E-state index contributed by atoms with van der Waals surface area (Å²) in [5.41, 5.74) is 2.51. The van der Waals surface area contributed by atoms with E-state index in [4.69, 9.17) is 11.4 Å². The van der Waals surface area contributed by atoms with Gasteiger partial charge in [0.1, 0.15) is 5.82 Å². The summed E-state index contributed by atoms with van der Waals surface area (Å²) in [6, 6.07) is 5.16. The molecule has 0 unspecified atom stereocenters. The van der Waals surface area contributed by atoms with Crippen LogP contribution >= 0.6 is 0 Å². The number of hydrogen-bond acceptors (Lipinski definition) is 3.